The molecular formula is C15H22N2O4S. The number of thioether (sulfide) groups is 1. The smallest absolute Gasteiger partial charge is 0.306 e. The molecule has 6 nitrogen and oxygen atoms in total. The van der Waals surface area contributed by atoms with Crippen LogP contribution in [0.4, 0.5) is 0 Å². The van der Waals surface area contributed by atoms with E-state index < -0.39 is 0 Å². The molecule has 0 saturated heterocycles. The van der Waals surface area contributed by atoms with Crippen LogP contribution in [0.3, 0.4) is 0 Å². The van der Waals surface area contributed by atoms with Crippen molar-refractivity contribution in [1.82, 2.24) is 9.97 Å². The summed E-state index contributed by atoms with van der Waals surface area (Å²) in [5.41, 5.74) is 0. The van der Waals surface area contributed by atoms with Crippen molar-refractivity contribution >= 4 is 17.7 Å². The SMILES string of the molecule is CCCC(=O)OC1CCCC1Sc1nc(OC)cc(OC)n1. The van der Waals surface area contributed by atoms with Gasteiger partial charge in [-0.15, -0.1) is 0 Å². The monoisotopic (exact) mass is 326 g/mol. The van der Waals surface area contributed by atoms with E-state index in [4.69, 9.17) is 14.2 Å². The summed E-state index contributed by atoms with van der Waals surface area (Å²) in [5.74, 6) is 0.808. The Labute approximate surface area is 135 Å². The molecule has 0 aromatic carbocycles. The van der Waals surface area contributed by atoms with E-state index in [1.807, 2.05) is 6.92 Å². The molecule has 1 aromatic heterocycles. The predicted molar refractivity (Wildman–Crippen MR) is 83.4 cm³/mol. The van der Waals surface area contributed by atoms with Gasteiger partial charge in [0.1, 0.15) is 6.10 Å². The number of rotatable bonds is 7. The quantitative estimate of drug-likeness (QED) is 0.563. The maximum atomic E-state index is 11.7. The van der Waals surface area contributed by atoms with E-state index >= 15 is 0 Å². The van der Waals surface area contributed by atoms with E-state index in [2.05, 4.69) is 9.97 Å². The third-order valence-corrected chi connectivity index (χ3v) is 4.70. The highest BCUT2D eigenvalue weighted by Crippen LogP contribution is 2.36. The summed E-state index contributed by atoms with van der Waals surface area (Å²) in [6.45, 7) is 1.97. The van der Waals surface area contributed by atoms with Crippen molar-refractivity contribution in [3.05, 3.63) is 6.07 Å². The van der Waals surface area contributed by atoms with E-state index in [1.54, 1.807) is 20.3 Å². The van der Waals surface area contributed by atoms with Crippen LogP contribution >= 0.6 is 11.8 Å². The molecule has 1 saturated carbocycles. The second-order valence-electron chi connectivity index (χ2n) is 5.10. The van der Waals surface area contributed by atoms with Gasteiger partial charge in [-0.2, -0.15) is 9.97 Å². The molecule has 0 amide bonds. The summed E-state index contributed by atoms with van der Waals surface area (Å²) in [6, 6.07) is 1.64. The van der Waals surface area contributed by atoms with Crippen LogP contribution < -0.4 is 9.47 Å². The lowest BCUT2D eigenvalue weighted by Crippen LogP contribution is -2.24. The number of ether oxygens (including phenoxy) is 3. The first-order chi connectivity index (χ1) is 10.7. The molecule has 0 bridgehead atoms. The Morgan fingerprint density at radius 2 is 1.95 bits per heavy atom. The average molecular weight is 326 g/mol. The van der Waals surface area contributed by atoms with Crippen molar-refractivity contribution in [3.8, 4) is 11.8 Å². The lowest BCUT2D eigenvalue weighted by molar-refractivity contribution is -0.148. The summed E-state index contributed by atoms with van der Waals surface area (Å²) in [6.07, 6.45) is 4.14. The number of carbonyl (C=O) groups excluding carboxylic acids is 1. The molecule has 0 spiro atoms. The van der Waals surface area contributed by atoms with E-state index in [-0.39, 0.29) is 17.3 Å². The lowest BCUT2D eigenvalue weighted by atomic mass is 10.3. The zero-order valence-corrected chi connectivity index (χ0v) is 14.0. The van der Waals surface area contributed by atoms with Gasteiger partial charge < -0.3 is 14.2 Å². The fraction of sp³-hybridized carbons (Fsp3) is 0.667. The molecule has 2 atom stereocenters. The Hall–Kier alpha value is -1.50. The van der Waals surface area contributed by atoms with Gasteiger partial charge in [0.2, 0.25) is 11.8 Å². The van der Waals surface area contributed by atoms with Crippen LogP contribution in [0.1, 0.15) is 39.0 Å². The minimum atomic E-state index is -0.121. The van der Waals surface area contributed by atoms with Crippen LogP contribution in [0, 0.1) is 0 Å². The van der Waals surface area contributed by atoms with Gasteiger partial charge in [0.25, 0.3) is 0 Å². The highest BCUT2D eigenvalue weighted by Gasteiger charge is 2.32. The van der Waals surface area contributed by atoms with Crippen LogP contribution in [-0.2, 0) is 9.53 Å². The molecule has 0 aliphatic heterocycles. The number of methoxy groups -OCH3 is 2. The van der Waals surface area contributed by atoms with Crippen molar-refractivity contribution in [2.24, 2.45) is 0 Å². The first-order valence-electron chi connectivity index (χ1n) is 7.49. The second kappa shape index (κ2) is 8.22. The number of nitrogens with zero attached hydrogens (tertiary/aromatic N) is 2. The van der Waals surface area contributed by atoms with Crippen molar-refractivity contribution in [2.75, 3.05) is 14.2 Å². The fourth-order valence-electron chi connectivity index (χ4n) is 2.37. The van der Waals surface area contributed by atoms with Crippen molar-refractivity contribution in [3.63, 3.8) is 0 Å². The molecule has 122 valence electrons. The van der Waals surface area contributed by atoms with Crippen molar-refractivity contribution in [1.29, 1.82) is 0 Å². The minimum absolute atomic E-state index is 0.0650. The second-order valence-corrected chi connectivity index (χ2v) is 6.31. The maximum absolute atomic E-state index is 11.7. The van der Waals surface area contributed by atoms with Crippen LogP contribution in [0.5, 0.6) is 11.8 Å². The summed E-state index contributed by atoms with van der Waals surface area (Å²) < 4.78 is 15.9. The third-order valence-electron chi connectivity index (χ3n) is 3.46. The summed E-state index contributed by atoms with van der Waals surface area (Å²) in [4.78, 5) is 20.3. The van der Waals surface area contributed by atoms with Gasteiger partial charge in [-0.25, -0.2) is 0 Å². The fourth-order valence-corrected chi connectivity index (χ4v) is 3.56. The molecule has 1 aliphatic rings. The van der Waals surface area contributed by atoms with Gasteiger partial charge in [-0.05, 0) is 25.7 Å². The topological polar surface area (TPSA) is 70.5 Å². The molecule has 1 aliphatic carbocycles. The normalized spacial score (nSPS) is 20.7. The van der Waals surface area contributed by atoms with Crippen LogP contribution in [0.15, 0.2) is 11.2 Å². The van der Waals surface area contributed by atoms with Gasteiger partial charge in [0.05, 0.1) is 20.3 Å². The van der Waals surface area contributed by atoms with Gasteiger partial charge >= 0.3 is 5.97 Å². The van der Waals surface area contributed by atoms with E-state index in [9.17, 15) is 4.79 Å². The van der Waals surface area contributed by atoms with Gasteiger partial charge in [0, 0.05) is 11.7 Å². The number of hydrogen-bond donors (Lipinski definition) is 0. The van der Waals surface area contributed by atoms with Gasteiger partial charge in [0.15, 0.2) is 5.16 Å². The maximum Gasteiger partial charge on any atom is 0.306 e. The van der Waals surface area contributed by atoms with Crippen molar-refractivity contribution < 1.29 is 19.0 Å². The molecular weight excluding hydrogens is 304 g/mol. The van der Waals surface area contributed by atoms with Crippen molar-refractivity contribution in [2.45, 2.75) is 55.5 Å². The molecule has 1 heterocycles. The molecule has 0 radical (unpaired) electrons. The first-order valence-corrected chi connectivity index (χ1v) is 8.37. The van der Waals surface area contributed by atoms with Gasteiger partial charge in [-0.1, -0.05) is 18.7 Å². The minimum Gasteiger partial charge on any atom is -0.481 e. The molecule has 1 aromatic rings. The van der Waals surface area contributed by atoms with E-state index in [0.29, 0.717) is 23.3 Å². The first kappa shape index (κ1) is 16.9. The molecule has 22 heavy (non-hydrogen) atoms. The van der Waals surface area contributed by atoms with E-state index in [1.165, 1.54) is 11.8 Å². The number of carbonyl (C=O) groups is 1. The summed E-state index contributed by atoms with van der Waals surface area (Å²) in [5, 5.41) is 0.761. The highest BCUT2D eigenvalue weighted by molar-refractivity contribution is 7.99. The van der Waals surface area contributed by atoms with Gasteiger partial charge in [-0.3, -0.25) is 4.79 Å². The summed E-state index contributed by atoms with van der Waals surface area (Å²) in [7, 11) is 3.11. The van der Waals surface area contributed by atoms with Crippen LogP contribution in [0.2, 0.25) is 0 Å². The Balaban J connectivity index is 2.03. The lowest BCUT2D eigenvalue weighted by Gasteiger charge is -2.19. The highest BCUT2D eigenvalue weighted by atomic mass is 32.2. The zero-order valence-electron chi connectivity index (χ0n) is 13.2. The standard InChI is InChI=1S/C15H22N2O4S/c1-4-6-14(18)21-10-7-5-8-11(10)22-15-16-12(19-2)9-13(17-15)20-3/h9-11H,4-8H2,1-3H3. The average Bonchev–Trinajstić information content (AvgIpc) is 2.93. The molecule has 2 rings (SSSR count). The molecule has 7 heteroatoms. The molecule has 2 unspecified atom stereocenters. The molecule has 0 N–H and O–H groups in total. The molecule has 1 fully saturated rings. The Morgan fingerprint density at radius 3 is 2.55 bits per heavy atom. The largest absolute Gasteiger partial charge is 0.481 e. The number of esters is 1. The predicted octanol–water partition coefficient (Wildman–Crippen LogP) is 2.85. The Bertz CT molecular complexity index is 490. The number of hydrogen-bond acceptors (Lipinski definition) is 7. The Morgan fingerprint density at radius 1 is 1.27 bits per heavy atom. The zero-order chi connectivity index (χ0) is 15.9. The van der Waals surface area contributed by atoms with E-state index in [0.717, 1.165) is 25.7 Å². The number of aromatic nitrogens is 2. The van der Waals surface area contributed by atoms with Crippen LogP contribution in [-0.4, -0.2) is 41.5 Å². The third kappa shape index (κ3) is 4.50. The summed E-state index contributed by atoms with van der Waals surface area (Å²) >= 11 is 1.52. The Kier molecular flexibility index (Phi) is 6.30. The van der Waals surface area contributed by atoms with Crippen LogP contribution in [0.25, 0.3) is 0 Å².